The highest BCUT2D eigenvalue weighted by atomic mass is 127. The summed E-state index contributed by atoms with van der Waals surface area (Å²) in [5.74, 6) is 0.261. The topological polar surface area (TPSA) is 55.8 Å². The van der Waals surface area contributed by atoms with Gasteiger partial charge in [-0.15, -0.1) is 0 Å². The highest BCUT2D eigenvalue weighted by Crippen LogP contribution is 2.30. The lowest BCUT2D eigenvalue weighted by molar-refractivity contribution is -0.145. The Kier molecular flexibility index (Phi) is 5.82. The van der Waals surface area contributed by atoms with Crippen molar-refractivity contribution in [2.45, 2.75) is 26.3 Å². The minimum Gasteiger partial charge on any atom is -0.497 e. The van der Waals surface area contributed by atoms with Gasteiger partial charge in [0.25, 0.3) is 0 Å². The molecule has 0 aromatic heterocycles. The summed E-state index contributed by atoms with van der Waals surface area (Å²) in [5.41, 5.74) is 1.30. The Morgan fingerprint density at radius 2 is 1.95 bits per heavy atom. The number of ether oxygens (including phenoxy) is 2. The molecule has 5 nitrogen and oxygen atoms in total. The maximum absolute atomic E-state index is 12.2. The largest absolute Gasteiger partial charge is 0.497 e. The van der Waals surface area contributed by atoms with Crippen molar-refractivity contribution >= 4 is 34.5 Å². The lowest BCUT2D eigenvalue weighted by Crippen LogP contribution is -2.37. The normalized spacial score (nSPS) is 15.0. The Bertz CT molecular complexity index is 595. The number of hydrogen-bond donors (Lipinski definition) is 0. The van der Waals surface area contributed by atoms with E-state index in [1.807, 2.05) is 24.3 Å². The summed E-state index contributed by atoms with van der Waals surface area (Å²) in [4.78, 5) is 25.9. The average molecular weight is 415 g/mol. The lowest BCUT2D eigenvalue weighted by Gasteiger charge is -2.29. The van der Waals surface area contributed by atoms with E-state index in [1.165, 1.54) is 4.90 Å². The predicted octanol–water partition coefficient (Wildman–Crippen LogP) is 3.03. The van der Waals surface area contributed by atoms with Crippen molar-refractivity contribution in [2.75, 3.05) is 13.7 Å². The molecule has 2 rings (SSSR count). The fourth-order valence-corrected chi connectivity index (χ4v) is 3.02. The van der Waals surface area contributed by atoms with E-state index < -0.39 is 5.97 Å². The first-order valence-electron chi connectivity index (χ1n) is 7.05. The first-order valence-corrected chi connectivity index (χ1v) is 8.13. The van der Waals surface area contributed by atoms with Gasteiger partial charge in [-0.05, 0) is 53.6 Å². The molecule has 6 heteroatoms. The molecule has 0 unspecified atom stereocenters. The summed E-state index contributed by atoms with van der Waals surface area (Å²) < 4.78 is 11.1. The fraction of sp³-hybridized carbons (Fsp3) is 0.375. The quantitative estimate of drug-likeness (QED) is 0.548. The molecule has 1 amide bonds. The molecule has 1 aromatic rings. The van der Waals surface area contributed by atoms with Crippen LogP contribution in [-0.2, 0) is 20.9 Å². The third kappa shape index (κ3) is 3.79. The molecule has 118 valence electrons. The van der Waals surface area contributed by atoms with Crippen LogP contribution in [0.2, 0.25) is 0 Å². The lowest BCUT2D eigenvalue weighted by atomic mass is 10.1. The molecule has 1 aliphatic heterocycles. The van der Waals surface area contributed by atoms with Crippen molar-refractivity contribution in [2.24, 2.45) is 0 Å². The Morgan fingerprint density at radius 1 is 1.27 bits per heavy atom. The molecule has 0 saturated carbocycles. The van der Waals surface area contributed by atoms with E-state index in [1.54, 1.807) is 14.0 Å². The van der Waals surface area contributed by atoms with E-state index in [2.05, 4.69) is 22.6 Å². The standard InChI is InChI=1S/C16H18INO4/c1-3-22-16(20)15-13(17)8-9-14(19)18(15)10-11-4-6-12(21-2)7-5-11/h4-7H,3,8-10H2,1-2H3. The molecule has 0 spiro atoms. The molecule has 1 aromatic carbocycles. The van der Waals surface area contributed by atoms with Crippen LogP contribution in [0, 0.1) is 0 Å². The second-order valence-corrected chi connectivity index (χ2v) is 6.10. The first-order chi connectivity index (χ1) is 10.6. The van der Waals surface area contributed by atoms with Gasteiger partial charge in [-0.25, -0.2) is 4.79 Å². The molecular weight excluding hydrogens is 397 g/mol. The van der Waals surface area contributed by atoms with Crippen LogP contribution >= 0.6 is 22.6 Å². The SMILES string of the molecule is CCOC(=O)C1=C(I)CCC(=O)N1Cc1ccc(OC)cc1. The van der Waals surface area contributed by atoms with E-state index in [-0.39, 0.29) is 12.5 Å². The van der Waals surface area contributed by atoms with Gasteiger partial charge in [0.15, 0.2) is 0 Å². The van der Waals surface area contributed by atoms with Gasteiger partial charge >= 0.3 is 5.97 Å². The van der Waals surface area contributed by atoms with Crippen molar-refractivity contribution in [1.29, 1.82) is 0 Å². The van der Waals surface area contributed by atoms with Gasteiger partial charge in [0.1, 0.15) is 11.4 Å². The molecule has 0 saturated heterocycles. The number of halogens is 1. The number of allylic oxidation sites excluding steroid dienone is 1. The van der Waals surface area contributed by atoms with Gasteiger partial charge in [0.05, 0.1) is 20.3 Å². The minimum absolute atomic E-state index is 0.0562. The third-order valence-corrected chi connectivity index (χ3v) is 4.41. The van der Waals surface area contributed by atoms with Crippen LogP contribution in [0.15, 0.2) is 33.5 Å². The molecule has 0 bridgehead atoms. The Balaban J connectivity index is 2.25. The third-order valence-electron chi connectivity index (χ3n) is 3.35. The fourth-order valence-electron chi connectivity index (χ4n) is 2.24. The number of hydrogen-bond acceptors (Lipinski definition) is 4. The number of esters is 1. The van der Waals surface area contributed by atoms with Gasteiger partial charge in [-0.1, -0.05) is 12.1 Å². The monoisotopic (exact) mass is 415 g/mol. The number of carbonyl (C=O) groups is 2. The van der Waals surface area contributed by atoms with Gasteiger partial charge in [0, 0.05) is 10.0 Å². The van der Waals surface area contributed by atoms with E-state index in [9.17, 15) is 9.59 Å². The molecule has 0 fully saturated rings. The van der Waals surface area contributed by atoms with Gasteiger partial charge in [0.2, 0.25) is 5.91 Å². The molecule has 1 aliphatic rings. The van der Waals surface area contributed by atoms with Crippen LogP contribution in [0.5, 0.6) is 5.75 Å². The first kappa shape index (κ1) is 16.8. The van der Waals surface area contributed by atoms with Crippen LogP contribution < -0.4 is 4.74 Å². The van der Waals surface area contributed by atoms with Crippen molar-refractivity contribution in [3.63, 3.8) is 0 Å². The molecule has 0 atom stereocenters. The zero-order chi connectivity index (χ0) is 16.1. The van der Waals surface area contributed by atoms with Crippen molar-refractivity contribution in [3.8, 4) is 5.75 Å². The highest BCUT2D eigenvalue weighted by Gasteiger charge is 2.31. The maximum Gasteiger partial charge on any atom is 0.355 e. The molecular formula is C16H18INO4. The summed E-state index contributed by atoms with van der Waals surface area (Å²) >= 11 is 2.12. The summed E-state index contributed by atoms with van der Waals surface area (Å²) in [6, 6.07) is 7.44. The van der Waals surface area contributed by atoms with Crippen LogP contribution in [-0.4, -0.2) is 30.5 Å². The summed E-state index contributed by atoms with van der Waals surface area (Å²) in [7, 11) is 1.60. The van der Waals surface area contributed by atoms with E-state index >= 15 is 0 Å². The van der Waals surface area contributed by atoms with Crippen LogP contribution in [0.4, 0.5) is 0 Å². The average Bonchev–Trinajstić information content (AvgIpc) is 2.52. The number of methoxy groups -OCH3 is 1. The zero-order valence-corrected chi connectivity index (χ0v) is 14.8. The van der Waals surface area contributed by atoms with Gasteiger partial charge < -0.3 is 14.4 Å². The van der Waals surface area contributed by atoms with Crippen molar-refractivity contribution in [3.05, 3.63) is 39.1 Å². The number of rotatable bonds is 5. The second-order valence-electron chi connectivity index (χ2n) is 4.80. The van der Waals surface area contributed by atoms with Gasteiger partial charge in [-0.3, -0.25) is 4.79 Å². The molecule has 0 aliphatic carbocycles. The Hall–Kier alpha value is -1.57. The Morgan fingerprint density at radius 3 is 2.55 bits per heavy atom. The summed E-state index contributed by atoms with van der Waals surface area (Å²) in [6.45, 7) is 2.39. The van der Waals surface area contributed by atoms with E-state index in [0.717, 1.165) is 14.9 Å². The number of amides is 1. The number of nitrogens with zero attached hydrogens (tertiary/aromatic N) is 1. The second kappa shape index (κ2) is 7.62. The number of benzene rings is 1. The Labute approximate surface area is 143 Å². The molecule has 0 N–H and O–H groups in total. The summed E-state index contributed by atoms with van der Waals surface area (Å²) in [6.07, 6.45) is 1.00. The van der Waals surface area contributed by atoms with Crippen molar-refractivity contribution < 1.29 is 19.1 Å². The molecule has 0 radical (unpaired) electrons. The molecule has 22 heavy (non-hydrogen) atoms. The summed E-state index contributed by atoms with van der Waals surface area (Å²) in [5, 5.41) is 0. The van der Waals surface area contributed by atoms with Crippen molar-refractivity contribution in [1.82, 2.24) is 4.90 Å². The van der Waals surface area contributed by atoms with Crippen LogP contribution in [0.3, 0.4) is 0 Å². The molecule has 1 heterocycles. The smallest absolute Gasteiger partial charge is 0.355 e. The predicted molar refractivity (Wildman–Crippen MR) is 90.5 cm³/mol. The minimum atomic E-state index is -0.437. The maximum atomic E-state index is 12.2. The highest BCUT2D eigenvalue weighted by molar-refractivity contribution is 14.1. The van der Waals surface area contributed by atoms with Gasteiger partial charge in [-0.2, -0.15) is 0 Å². The number of carbonyl (C=O) groups excluding carboxylic acids is 2. The zero-order valence-electron chi connectivity index (χ0n) is 12.6. The van der Waals surface area contributed by atoms with Crippen LogP contribution in [0.25, 0.3) is 0 Å². The van der Waals surface area contributed by atoms with E-state index in [4.69, 9.17) is 9.47 Å². The van der Waals surface area contributed by atoms with E-state index in [0.29, 0.717) is 25.1 Å². The van der Waals surface area contributed by atoms with Crippen LogP contribution in [0.1, 0.15) is 25.3 Å².